The summed E-state index contributed by atoms with van der Waals surface area (Å²) in [5.41, 5.74) is 1.02. The molecule has 0 amide bonds. The van der Waals surface area contributed by atoms with Crippen molar-refractivity contribution in [3.63, 3.8) is 0 Å². The molecule has 2 heterocycles. The van der Waals surface area contributed by atoms with Crippen LogP contribution in [-0.2, 0) is 13.1 Å². The van der Waals surface area contributed by atoms with E-state index < -0.39 is 0 Å². The molecule has 2 aromatic rings. The predicted octanol–water partition coefficient (Wildman–Crippen LogP) is 1.81. The summed E-state index contributed by atoms with van der Waals surface area (Å²) in [5.74, 6) is 0.880. The molecule has 0 saturated heterocycles. The third-order valence-corrected chi connectivity index (χ3v) is 2.28. The van der Waals surface area contributed by atoms with Gasteiger partial charge in [-0.05, 0) is 32.9 Å². The molecule has 92 valence electrons. The molecular formula is C12H18N4O. The minimum absolute atomic E-state index is 0.0881. The van der Waals surface area contributed by atoms with Crippen LogP contribution in [0.4, 0.5) is 0 Å². The number of nitrogens with zero attached hydrogens (tertiary/aromatic N) is 3. The van der Waals surface area contributed by atoms with Crippen LogP contribution in [0.25, 0.3) is 0 Å². The molecule has 0 radical (unpaired) electrons. The van der Waals surface area contributed by atoms with Crippen molar-refractivity contribution in [3.05, 3.63) is 36.0 Å². The summed E-state index contributed by atoms with van der Waals surface area (Å²) < 4.78 is 7.03. The standard InChI is InChI=1S/C12H18N4O/c1-12(2,3)13-7-10-8-16(15-14-10)9-11-5-4-6-17-11/h4-6,8,13H,7,9H2,1-3H3. The number of rotatable bonds is 4. The Hall–Kier alpha value is -1.62. The van der Waals surface area contributed by atoms with Crippen molar-refractivity contribution in [2.45, 2.75) is 39.4 Å². The number of nitrogens with one attached hydrogen (secondary N) is 1. The lowest BCUT2D eigenvalue weighted by molar-refractivity contribution is 0.421. The Balaban J connectivity index is 1.92. The molecule has 0 saturated carbocycles. The van der Waals surface area contributed by atoms with Gasteiger partial charge in [-0.25, -0.2) is 4.68 Å². The summed E-state index contributed by atoms with van der Waals surface area (Å²) in [5, 5.41) is 11.5. The zero-order chi connectivity index (χ0) is 12.3. The minimum Gasteiger partial charge on any atom is -0.467 e. The second-order valence-corrected chi connectivity index (χ2v) is 5.09. The van der Waals surface area contributed by atoms with E-state index >= 15 is 0 Å². The van der Waals surface area contributed by atoms with Crippen molar-refractivity contribution in [1.29, 1.82) is 0 Å². The fourth-order valence-corrected chi connectivity index (χ4v) is 1.41. The smallest absolute Gasteiger partial charge is 0.125 e. The predicted molar refractivity (Wildman–Crippen MR) is 64.4 cm³/mol. The number of aromatic nitrogens is 3. The van der Waals surface area contributed by atoms with E-state index in [2.05, 4.69) is 36.4 Å². The quantitative estimate of drug-likeness (QED) is 0.876. The van der Waals surface area contributed by atoms with E-state index in [9.17, 15) is 0 Å². The van der Waals surface area contributed by atoms with E-state index in [1.54, 1.807) is 10.9 Å². The van der Waals surface area contributed by atoms with E-state index in [0.29, 0.717) is 6.54 Å². The maximum Gasteiger partial charge on any atom is 0.125 e. The van der Waals surface area contributed by atoms with E-state index in [1.165, 1.54) is 0 Å². The molecule has 17 heavy (non-hydrogen) atoms. The van der Waals surface area contributed by atoms with Crippen LogP contribution in [0.1, 0.15) is 32.2 Å². The minimum atomic E-state index is 0.0881. The highest BCUT2D eigenvalue weighted by Gasteiger charge is 2.10. The lowest BCUT2D eigenvalue weighted by Gasteiger charge is -2.19. The molecule has 0 bridgehead atoms. The summed E-state index contributed by atoms with van der Waals surface area (Å²) in [7, 11) is 0. The average molecular weight is 234 g/mol. The van der Waals surface area contributed by atoms with Gasteiger partial charge in [-0.15, -0.1) is 5.10 Å². The molecule has 2 rings (SSSR count). The molecule has 0 unspecified atom stereocenters. The average Bonchev–Trinajstić information content (AvgIpc) is 2.86. The second kappa shape index (κ2) is 4.71. The van der Waals surface area contributed by atoms with Gasteiger partial charge in [-0.3, -0.25) is 0 Å². The molecule has 0 fully saturated rings. The number of hydrogen-bond acceptors (Lipinski definition) is 4. The third kappa shape index (κ3) is 3.71. The monoisotopic (exact) mass is 234 g/mol. The van der Waals surface area contributed by atoms with Crippen LogP contribution < -0.4 is 5.32 Å². The molecule has 0 aliphatic heterocycles. The van der Waals surface area contributed by atoms with E-state index in [0.717, 1.165) is 18.0 Å². The van der Waals surface area contributed by atoms with Gasteiger partial charge in [0.25, 0.3) is 0 Å². The lowest BCUT2D eigenvalue weighted by Crippen LogP contribution is -2.35. The highest BCUT2D eigenvalue weighted by atomic mass is 16.3. The maximum atomic E-state index is 5.26. The van der Waals surface area contributed by atoms with Crippen LogP contribution in [0.2, 0.25) is 0 Å². The maximum absolute atomic E-state index is 5.26. The molecule has 5 heteroatoms. The van der Waals surface area contributed by atoms with Crippen molar-refractivity contribution in [2.75, 3.05) is 0 Å². The second-order valence-electron chi connectivity index (χ2n) is 5.09. The Morgan fingerprint density at radius 1 is 1.41 bits per heavy atom. The Labute approximate surface area is 101 Å². The Bertz CT molecular complexity index is 453. The van der Waals surface area contributed by atoms with Gasteiger partial charge in [0.1, 0.15) is 12.3 Å². The van der Waals surface area contributed by atoms with Gasteiger partial charge in [0, 0.05) is 12.1 Å². The van der Waals surface area contributed by atoms with Gasteiger partial charge in [0.15, 0.2) is 0 Å². The first-order valence-corrected chi connectivity index (χ1v) is 5.69. The topological polar surface area (TPSA) is 55.9 Å². The summed E-state index contributed by atoms with van der Waals surface area (Å²) in [6.07, 6.45) is 3.59. The zero-order valence-corrected chi connectivity index (χ0v) is 10.5. The largest absolute Gasteiger partial charge is 0.467 e. The Kier molecular flexibility index (Phi) is 3.28. The van der Waals surface area contributed by atoms with Crippen molar-refractivity contribution >= 4 is 0 Å². The fourth-order valence-electron chi connectivity index (χ4n) is 1.41. The normalized spacial score (nSPS) is 11.9. The Morgan fingerprint density at radius 3 is 2.88 bits per heavy atom. The van der Waals surface area contributed by atoms with E-state index in [4.69, 9.17) is 4.42 Å². The highest BCUT2D eigenvalue weighted by molar-refractivity contribution is 5.00. The van der Waals surface area contributed by atoms with E-state index in [1.807, 2.05) is 18.3 Å². The summed E-state index contributed by atoms with van der Waals surface area (Å²) >= 11 is 0. The molecule has 2 aromatic heterocycles. The van der Waals surface area contributed by atoms with Crippen LogP contribution in [0.3, 0.4) is 0 Å². The zero-order valence-electron chi connectivity index (χ0n) is 10.5. The van der Waals surface area contributed by atoms with Crippen molar-refractivity contribution in [1.82, 2.24) is 20.3 Å². The third-order valence-electron chi connectivity index (χ3n) is 2.28. The van der Waals surface area contributed by atoms with Crippen LogP contribution >= 0.6 is 0 Å². The molecular weight excluding hydrogens is 216 g/mol. The van der Waals surface area contributed by atoms with Gasteiger partial charge >= 0.3 is 0 Å². The van der Waals surface area contributed by atoms with Crippen molar-refractivity contribution < 1.29 is 4.42 Å². The summed E-state index contributed by atoms with van der Waals surface area (Å²) in [6.45, 7) is 7.72. The first-order chi connectivity index (χ1) is 8.03. The molecule has 0 aromatic carbocycles. The molecule has 0 aliphatic rings. The van der Waals surface area contributed by atoms with Crippen LogP contribution in [-0.4, -0.2) is 20.5 Å². The van der Waals surface area contributed by atoms with E-state index in [-0.39, 0.29) is 5.54 Å². The summed E-state index contributed by atoms with van der Waals surface area (Å²) in [6, 6.07) is 3.79. The van der Waals surface area contributed by atoms with Crippen molar-refractivity contribution in [3.8, 4) is 0 Å². The van der Waals surface area contributed by atoms with Crippen LogP contribution in [0, 0.1) is 0 Å². The van der Waals surface area contributed by atoms with Crippen LogP contribution in [0.5, 0.6) is 0 Å². The number of furan rings is 1. The highest BCUT2D eigenvalue weighted by Crippen LogP contribution is 2.04. The number of hydrogen-bond donors (Lipinski definition) is 1. The molecule has 0 atom stereocenters. The van der Waals surface area contributed by atoms with Crippen LogP contribution in [0.15, 0.2) is 29.0 Å². The SMILES string of the molecule is CC(C)(C)NCc1cn(Cc2ccco2)nn1. The van der Waals surface area contributed by atoms with Gasteiger partial charge in [0.05, 0.1) is 18.2 Å². The lowest BCUT2D eigenvalue weighted by atomic mass is 10.1. The van der Waals surface area contributed by atoms with Crippen molar-refractivity contribution in [2.24, 2.45) is 0 Å². The summed E-state index contributed by atoms with van der Waals surface area (Å²) in [4.78, 5) is 0. The fraction of sp³-hybridized carbons (Fsp3) is 0.500. The molecule has 0 spiro atoms. The first-order valence-electron chi connectivity index (χ1n) is 5.69. The molecule has 1 N–H and O–H groups in total. The molecule has 0 aliphatic carbocycles. The van der Waals surface area contributed by atoms with Gasteiger partial charge in [-0.1, -0.05) is 5.21 Å². The Morgan fingerprint density at radius 2 is 2.24 bits per heavy atom. The van der Waals surface area contributed by atoms with Gasteiger partial charge in [-0.2, -0.15) is 0 Å². The van der Waals surface area contributed by atoms with Gasteiger partial charge in [0.2, 0.25) is 0 Å². The molecule has 5 nitrogen and oxygen atoms in total. The first kappa shape index (κ1) is 11.9. The van der Waals surface area contributed by atoms with Gasteiger partial charge < -0.3 is 9.73 Å².